The van der Waals surface area contributed by atoms with Crippen molar-refractivity contribution in [2.45, 2.75) is 39.5 Å². The predicted octanol–water partition coefficient (Wildman–Crippen LogP) is 3.24. The van der Waals surface area contributed by atoms with Gasteiger partial charge in [-0.3, -0.25) is 4.79 Å². The summed E-state index contributed by atoms with van der Waals surface area (Å²) in [6.45, 7) is 4.62. The van der Waals surface area contributed by atoms with Crippen molar-refractivity contribution in [3.63, 3.8) is 0 Å². The minimum Gasteiger partial charge on any atom is -0.465 e. The third kappa shape index (κ3) is 9.04. The Hall–Kier alpha value is -1.05. The number of rotatable bonds is 7. The van der Waals surface area contributed by atoms with Crippen molar-refractivity contribution in [1.82, 2.24) is 0 Å². The average molecular weight is 196 g/mol. The molecule has 0 spiro atoms. The van der Waals surface area contributed by atoms with Gasteiger partial charge in [-0.15, -0.1) is 0 Å². The Balaban J connectivity index is 3.35. The van der Waals surface area contributed by atoms with Gasteiger partial charge < -0.3 is 4.74 Å². The van der Waals surface area contributed by atoms with Gasteiger partial charge in [0.2, 0.25) is 0 Å². The van der Waals surface area contributed by atoms with E-state index in [0.717, 1.165) is 19.3 Å². The molecule has 0 aromatic carbocycles. The largest absolute Gasteiger partial charge is 0.465 e. The topological polar surface area (TPSA) is 26.3 Å². The molecule has 0 amide bonds. The van der Waals surface area contributed by atoms with Crippen molar-refractivity contribution in [2.24, 2.45) is 0 Å². The zero-order valence-electron chi connectivity index (χ0n) is 9.16. The van der Waals surface area contributed by atoms with Crippen LogP contribution in [0.4, 0.5) is 0 Å². The number of hydrogen-bond acceptors (Lipinski definition) is 2. The molecule has 0 unspecified atom stereocenters. The zero-order chi connectivity index (χ0) is 10.6. The highest BCUT2D eigenvalue weighted by Crippen LogP contribution is 1.93. The first-order valence-corrected chi connectivity index (χ1v) is 5.26. The molecule has 0 aromatic heterocycles. The highest BCUT2D eigenvalue weighted by Gasteiger charge is 1.96. The van der Waals surface area contributed by atoms with Crippen LogP contribution < -0.4 is 0 Å². The van der Waals surface area contributed by atoms with E-state index in [1.165, 1.54) is 0 Å². The third-order valence-electron chi connectivity index (χ3n) is 1.64. The van der Waals surface area contributed by atoms with Crippen molar-refractivity contribution in [2.75, 3.05) is 6.61 Å². The molecule has 0 bridgehead atoms. The van der Waals surface area contributed by atoms with E-state index >= 15 is 0 Å². The second-order valence-electron chi connectivity index (χ2n) is 2.97. The lowest BCUT2D eigenvalue weighted by Gasteiger charge is -1.99. The molecule has 0 aliphatic heterocycles. The van der Waals surface area contributed by atoms with Gasteiger partial charge in [-0.1, -0.05) is 38.2 Å². The van der Waals surface area contributed by atoms with Crippen LogP contribution in [-0.4, -0.2) is 12.6 Å². The van der Waals surface area contributed by atoms with E-state index in [1.807, 2.05) is 25.2 Å². The van der Waals surface area contributed by atoms with Crippen molar-refractivity contribution >= 4 is 5.97 Å². The zero-order valence-corrected chi connectivity index (χ0v) is 9.16. The third-order valence-corrected chi connectivity index (χ3v) is 1.64. The Bertz CT molecular complexity index is 192. The van der Waals surface area contributed by atoms with Gasteiger partial charge in [0.25, 0.3) is 0 Å². The van der Waals surface area contributed by atoms with Crippen LogP contribution in [0.25, 0.3) is 0 Å². The van der Waals surface area contributed by atoms with Crippen LogP contribution in [0.15, 0.2) is 24.3 Å². The smallest absolute Gasteiger partial charge is 0.309 e. The summed E-state index contributed by atoms with van der Waals surface area (Å²) in [5, 5.41) is 0. The quantitative estimate of drug-likeness (QED) is 0.355. The minimum atomic E-state index is -0.139. The van der Waals surface area contributed by atoms with Crippen LogP contribution in [0.3, 0.4) is 0 Å². The molecule has 0 saturated carbocycles. The Morgan fingerprint density at radius 3 is 2.36 bits per heavy atom. The van der Waals surface area contributed by atoms with Crippen LogP contribution in [-0.2, 0) is 9.53 Å². The summed E-state index contributed by atoms with van der Waals surface area (Å²) in [6, 6.07) is 0. The van der Waals surface area contributed by atoms with Gasteiger partial charge in [-0.2, -0.15) is 0 Å². The maximum atomic E-state index is 11.1. The summed E-state index contributed by atoms with van der Waals surface area (Å²) in [5.74, 6) is -0.139. The summed E-state index contributed by atoms with van der Waals surface area (Å²) in [4.78, 5) is 11.1. The first kappa shape index (κ1) is 12.9. The molecule has 0 radical (unpaired) electrons. The Kier molecular flexibility index (Phi) is 9.28. The monoisotopic (exact) mass is 196 g/mol. The summed E-state index contributed by atoms with van der Waals surface area (Å²) < 4.78 is 4.99. The van der Waals surface area contributed by atoms with Gasteiger partial charge in [-0.25, -0.2) is 0 Å². The van der Waals surface area contributed by atoms with Crippen LogP contribution in [0, 0.1) is 0 Å². The molecule has 0 saturated heterocycles. The van der Waals surface area contributed by atoms with Crippen molar-refractivity contribution < 1.29 is 9.53 Å². The van der Waals surface area contributed by atoms with E-state index in [4.69, 9.17) is 4.74 Å². The molecule has 0 aromatic rings. The predicted molar refractivity (Wildman–Crippen MR) is 59.1 cm³/mol. The minimum absolute atomic E-state index is 0.139. The van der Waals surface area contributed by atoms with Gasteiger partial charge in [0, 0.05) is 0 Å². The van der Waals surface area contributed by atoms with E-state index in [9.17, 15) is 4.79 Å². The van der Waals surface area contributed by atoms with E-state index in [1.54, 1.807) is 0 Å². The first-order chi connectivity index (χ1) is 6.81. The van der Waals surface area contributed by atoms with E-state index in [-0.39, 0.29) is 5.97 Å². The van der Waals surface area contributed by atoms with Gasteiger partial charge in [0.15, 0.2) is 0 Å². The van der Waals surface area contributed by atoms with Gasteiger partial charge in [0.05, 0.1) is 13.0 Å². The van der Waals surface area contributed by atoms with Crippen molar-refractivity contribution in [3.05, 3.63) is 24.3 Å². The van der Waals surface area contributed by atoms with E-state index in [0.29, 0.717) is 13.0 Å². The van der Waals surface area contributed by atoms with Crippen molar-refractivity contribution in [3.8, 4) is 0 Å². The Labute approximate surface area is 86.6 Å². The summed E-state index contributed by atoms with van der Waals surface area (Å²) in [5.41, 5.74) is 0. The first-order valence-electron chi connectivity index (χ1n) is 5.26. The molecule has 0 fully saturated rings. The van der Waals surface area contributed by atoms with E-state index in [2.05, 4.69) is 13.0 Å². The summed E-state index contributed by atoms with van der Waals surface area (Å²) >= 11 is 0. The highest BCUT2D eigenvalue weighted by atomic mass is 16.5. The highest BCUT2D eigenvalue weighted by molar-refractivity contribution is 5.71. The lowest BCUT2D eigenvalue weighted by molar-refractivity contribution is -0.142. The molecule has 14 heavy (non-hydrogen) atoms. The number of esters is 1. The molecular formula is C12H20O2. The standard InChI is InChI=1S/C12H20O2/c1-3-5-7-9-11-14-12(13)10-8-6-4-2/h5-8H,3-4,9-11H2,1-2H3. The maximum absolute atomic E-state index is 11.1. The second-order valence-corrected chi connectivity index (χ2v) is 2.97. The lowest BCUT2D eigenvalue weighted by Crippen LogP contribution is -2.03. The van der Waals surface area contributed by atoms with Crippen LogP contribution in [0.1, 0.15) is 39.5 Å². The normalized spacial score (nSPS) is 11.3. The molecule has 0 heterocycles. The number of carbonyl (C=O) groups excluding carboxylic acids is 1. The van der Waals surface area contributed by atoms with Gasteiger partial charge in [-0.05, 0) is 19.3 Å². The van der Waals surface area contributed by atoms with E-state index < -0.39 is 0 Å². The fraction of sp³-hybridized carbons (Fsp3) is 0.583. The lowest BCUT2D eigenvalue weighted by atomic mass is 10.3. The van der Waals surface area contributed by atoms with Crippen LogP contribution >= 0.6 is 0 Å². The summed E-state index contributed by atoms with van der Waals surface area (Å²) in [7, 11) is 0. The fourth-order valence-electron chi connectivity index (χ4n) is 0.930. The molecule has 2 nitrogen and oxygen atoms in total. The van der Waals surface area contributed by atoms with Gasteiger partial charge in [0.1, 0.15) is 0 Å². The maximum Gasteiger partial charge on any atom is 0.309 e. The average Bonchev–Trinajstić information content (AvgIpc) is 2.18. The summed E-state index contributed by atoms with van der Waals surface area (Å²) in [6.07, 6.45) is 11.1. The van der Waals surface area contributed by atoms with Crippen molar-refractivity contribution in [1.29, 1.82) is 0 Å². The number of carbonyl (C=O) groups is 1. The molecule has 2 heteroatoms. The number of ether oxygens (including phenoxy) is 1. The molecule has 0 aliphatic rings. The Morgan fingerprint density at radius 1 is 1.07 bits per heavy atom. The number of allylic oxidation sites excluding steroid dienone is 2. The second kappa shape index (κ2) is 10.0. The van der Waals surface area contributed by atoms with Crippen LogP contribution in [0.5, 0.6) is 0 Å². The molecular weight excluding hydrogens is 176 g/mol. The van der Waals surface area contributed by atoms with Crippen LogP contribution in [0.2, 0.25) is 0 Å². The van der Waals surface area contributed by atoms with Gasteiger partial charge >= 0.3 is 5.97 Å². The number of hydrogen-bond donors (Lipinski definition) is 0. The molecule has 0 atom stereocenters. The molecule has 0 N–H and O–H groups in total. The SMILES string of the molecule is CCC=CCCOC(=O)CC=CCC. The Morgan fingerprint density at radius 2 is 1.71 bits per heavy atom. The fourth-order valence-corrected chi connectivity index (χ4v) is 0.930. The molecule has 80 valence electrons. The molecule has 0 rings (SSSR count). The molecule has 0 aliphatic carbocycles.